The minimum Gasteiger partial charge on any atom is -0.496 e. The van der Waals surface area contributed by atoms with Gasteiger partial charge in [0.15, 0.2) is 0 Å². The number of nitrogen functional groups attached to an aromatic ring is 1. The van der Waals surface area contributed by atoms with Crippen LogP contribution in [-0.2, 0) is 43.1 Å². The van der Waals surface area contributed by atoms with Crippen LogP contribution in [0.15, 0.2) is 88.3 Å². The predicted molar refractivity (Wildman–Crippen MR) is 229 cm³/mol. The number of dihydropyridines is 1. The molecule has 4 aliphatic rings. The summed E-state index contributed by atoms with van der Waals surface area (Å²) in [4.78, 5) is 45.2. The maximum atomic E-state index is 14.3. The third-order valence-electron chi connectivity index (χ3n) is 10.8. The van der Waals surface area contributed by atoms with E-state index in [1.807, 2.05) is 39.0 Å². The number of likely N-dealkylation sites (tertiary alicyclic amines) is 1. The summed E-state index contributed by atoms with van der Waals surface area (Å²) < 4.78 is 36.8. The highest BCUT2D eigenvalue weighted by Gasteiger charge is 2.46. The Kier molecular flexibility index (Phi) is 13.1. The summed E-state index contributed by atoms with van der Waals surface area (Å²) in [6.07, 6.45) is 6.36. The van der Waals surface area contributed by atoms with Gasteiger partial charge < -0.3 is 34.8 Å². The molecule has 4 aromatic rings. The second kappa shape index (κ2) is 18.4. The Morgan fingerprint density at radius 2 is 1.87 bits per heavy atom. The fourth-order valence-corrected chi connectivity index (χ4v) is 9.32. The van der Waals surface area contributed by atoms with Crippen LogP contribution >= 0.6 is 11.3 Å². The van der Waals surface area contributed by atoms with Gasteiger partial charge in [-0.15, -0.1) is 16.8 Å². The number of amides is 1. The first-order valence-electron chi connectivity index (χ1n) is 20.4. The first kappa shape index (κ1) is 42.6. The first-order chi connectivity index (χ1) is 28.9. The zero-order valence-corrected chi connectivity index (χ0v) is 35.7. The zero-order chi connectivity index (χ0) is 42.6. The van der Waals surface area contributed by atoms with Gasteiger partial charge in [-0.05, 0) is 125 Å². The molecule has 0 saturated carbocycles. The van der Waals surface area contributed by atoms with Crippen molar-refractivity contribution in [3.8, 4) is 5.75 Å². The molecule has 1 aliphatic carbocycles. The number of aromatic nitrogens is 1. The van der Waals surface area contributed by atoms with Crippen LogP contribution in [0.4, 0.5) is 15.0 Å². The molecule has 4 N–H and O–H groups in total. The lowest BCUT2D eigenvalue weighted by atomic mass is 9.80. The van der Waals surface area contributed by atoms with Crippen molar-refractivity contribution in [2.45, 2.75) is 96.6 Å². The number of thiophene rings is 1. The van der Waals surface area contributed by atoms with E-state index in [4.69, 9.17) is 29.5 Å². The Hall–Kier alpha value is -5.51. The number of methoxy groups -OCH3 is 2. The van der Waals surface area contributed by atoms with Crippen molar-refractivity contribution >= 4 is 45.2 Å². The van der Waals surface area contributed by atoms with E-state index in [0.29, 0.717) is 60.6 Å². The average molecular weight is 841 g/mol. The van der Waals surface area contributed by atoms with Crippen molar-refractivity contribution in [1.82, 2.24) is 20.7 Å². The molecule has 3 atom stereocenters. The summed E-state index contributed by atoms with van der Waals surface area (Å²) in [5, 5.41) is 4.45. The van der Waals surface area contributed by atoms with E-state index in [9.17, 15) is 14.0 Å². The van der Waals surface area contributed by atoms with E-state index < -0.39 is 36.0 Å². The molecule has 2 aromatic heterocycles. The van der Waals surface area contributed by atoms with E-state index >= 15 is 0 Å². The van der Waals surface area contributed by atoms with E-state index in [1.54, 1.807) is 37.3 Å². The summed E-state index contributed by atoms with van der Waals surface area (Å²) in [7, 11) is 3.25. The number of hydrogen-bond acceptors (Lipinski definition) is 13. The molecule has 3 aliphatic heterocycles. The summed E-state index contributed by atoms with van der Waals surface area (Å²) in [5.74, 6) is 0.0654. The SMILES string of the molecule is CCOC(=O)C1=C([C@@H]2CCCN2C(=O)OC(C)(C)C)NC(CCc2ccc(F)cc2)=C(C2=NC(OC)NO2)C1c1cc2ccnc(N)c2s1.COc1cccc2c1CCC2. The number of hydroxylamine groups is 1. The van der Waals surface area contributed by atoms with Crippen molar-refractivity contribution < 1.29 is 37.8 Å². The molecule has 8 rings (SSSR count). The number of anilines is 1. The molecule has 318 valence electrons. The number of aryl methyl sites for hydroxylation is 2. The Bertz CT molecular complexity index is 2320. The fourth-order valence-electron chi connectivity index (χ4n) is 8.15. The van der Waals surface area contributed by atoms with Gasteiger partial charge in [-0.25, -0.2) is 19.0 Å². The largest absolute Gasteiger partial charge is 0.496 e. The molecule has 5 heterocycles. The highest BCUT2D eigenvalue weighted by atomic mass is 32.1. The molecule has 2 unspecified atom stereocenters. The second-order valence-electron chi connectivity index (χ2n) is 15.9. The van der Waals surface area contributed by atoms with Gasteiger partial charge in [0, 0.05) is 41.7 Å². The molecule has 0 bridgehead atoms. The number of halogens is 1. The molecule has 13 nitrogen and oxygen atoms in total. The Morgan fingerprint density at radius 1 is 1.07 bits per heavy atom. The number of nitrogens with zero attached hydrogens (tertiary/aromatic N) is 3. The molecule has 2 aromatic carbocycles. The second-order valence-corrected chi connectivity index (χ2v) is 17.0. The molecule has 1 fully saturated rings. The number of nitrogens with two attached hydrogens (primary N) is 1. The maximum absolute atomic E-state index is 14.3. The van der Waals surface area contributed by atoms with Crippen LogP contribution in [0.2, 0.25) is 0 Å². The lowest BCUT2D eigenvalue weighted by molar-refractivity contribution is -0.139. The number of carbonyl (C=O) groups is 2. The average Bonchev–Trinajstić information content (AvgIpc) is 4.06. The molecule has 60 heavy (non-hydrogen) atoms. The van der Waals surface area contributed by atoms with Crippen LogP contribution in [0.1, 0.15) is 80.9 Å². The lowest BCUT2D eigenvalue weighted by Gasteiger charge is -2.37. The molecule has 1 saturated heterocycles. The minimum absolute atomic E-state index is 0.132. The number of hydrogen-bond donors (Lipinski definition) is 3. The van der Waals surface area contributed by atoms with Crippen LogP contribution in [0, 0.1) is 5.82 Å². The maximum Gasteiger partial charge on any atom is 0.410 e. The number of allylic oxidation sites excluding steroid dienone is 1. The number of ether oxygens (including phenoxy) is 4. The first-order valence-corrected chi connectivity index (χ1v) is 21.2. The Labute approximate surface area is 353 Å². The van der Waals surface area contributed by atoms with Gasteiger partial charge in [0.2, 0.25) is 12.2 Å². The number of aliphatic imine (C=N–C) groups is 1. The smallest absolute Gasteiger partial charge is 0.410 e. The lowest BCUT2D eigenvalue weighted by Crippen LogP contribution is -2.46. The van der Waals surface area contributed by atoms with Gasteiger partial charge in [0.05, 0.1) is 35.9 Å². The van der Waals surface area contributed by atoms with Crippen molar-refractivity contribution in [2.75, 3.05) is 33.1 Å². The quantitative estimate of drug-likeness (QED) is 0.134. The van der Waals surface area contributed by atoms with Crippen molar-refractivity contribution in [2.24, 2.45) is 4.99 Å². The summed E-state index contributed by atoms with van der Waals surface area (Å²) in [6, 6.07) is 16.0. The molecular weight excluding hydrogens is 788 g/mol. The summed E-state index contributed by atoms with van der Waals surface area (Å²) >= 11 is 1.42. The Balaban J connectivity index is 0.000000425. The van der Waals surface area contributed by atoms with Gasteiger partial charge in [-0.3, -0.25) is 4.90 Å². The topological polar surface area (TPSA) is 159 Å². The van der Waals surface area contributed by atoms with Crippen LogP contribution in [0.5, 0.6) is 5.75 Å². The molecule has 1 amide bonds. The van der Waals surface area contributed by atoms with E-state index in [2.05, 4.69) is 32.9 Å². The number of esters is 1. The number of carbonyl (C=O) groups excluding carboxylic acids is 2. The van der Waals surface area contributed by atoms with Gasteiger partial charge >= 0.3 is 12.1 Å². The number of rotatable bonds is 10. The van der Waals surface area contributed by atoms with Gasteiger partial charge in [0.1, 0.15) is 23.0 Å². The van der Waals surface area contributed by atoms with Crippen LogP contribution in [0.3, 0.4) is 0 Å². The monoisotopic (exact) mass is 840 g/mol. The Morgan fingerprint density at radius 3 is 2.57 bits per heavy atom. The standard InChI is InChI=1S/C35H41FN6O6S.C10H12O/c1-6-46-32(43)27-26(24-18-20-15-16-38-30(37)29(20)49-24)25(31-40-33(45-5)41-48-31)22(14-11-19-9-12-21(36)13-10-19)39-28(27)23-8-7-17-42(23)34(44)47-35(2,3)4;1-11-10-7-3-5-8-4-2-6-9(8)10/h9-10,12-13,15-16,18,23,26,33,39,41H,6-8,11,14,17H2,1-5H3,(H2,37,38);3,5,7H,2,4,6H2,1H3/t23-,26?,33?;/m0./s1. The molecule has 0 radical (unpaired) electrons. The minimum atomic E-state index is -0.780. The molecule has 15 heteroatoms. The third kappa shape index (κ3) is 9.28. The van der Waals surface area contributed by atoms with E-state index in [0.717, 1.165) is 26.3 Å². The number of benzene rings is 2. The molecule has 0 spiro atoms. The van der Waals surface area contributed by atoms with Crippen molar-refractivity contribution in [3.63, 3.8) is 0 Å². The van der Waals surface area contributed by atoms with Crippen molar-refractivity contribution in [3.05, 3.63) is 111 Å². The fraction of sp³-hybridized carbons (Fsp3) is 0.422. The van der Waals surface area contributed by atoms with Gasteiger partial charge in [0.25, 0.3) is 0 Å². The van der Waals surface area contributed by atoms with Crippen molar-refractivity contribution in [1.29, 1.82) is 0 Å². The molecular formula is C45H53FN6O7S. The van der Waals surface area contributed by atoms with E-state index in [-0.39, 0.29) is 18.3 Å². The zero-order valence-electron chi connectivity index (χ0n) is 34.9. The van der Waals surface area contributed by atoms with Gasteiger partial charge in [-0.2, -0.15) is 4.99 Å². The summed E-state index contributed by atoms with van der Waals surface area (Å²) in [5.41, 5.74) is 14.4. The normalized spacial score (nSPS) is 19.9. The predicted octanol–water partition coefficient (Wildman–Crippen LogP) is 7.86. The summed E-state index contributed by atoms with van der Waals surface area (Å²) in [6.45, 7) is 7.80. The highest BCUT2D eigenvalue weighted by Crippen LogP contribution is 2.47. The number of pyridine rings is 1. The highest BCUT2D eigenvalue weighted by molar-refractivity contribution is 7.19. The van der Waals surface area contributed by atoms with Crippen LogP contribution in [-0.4, -0.2) is 73.2 Å². The van der Waals surface area contributed by atoms with Gasteiger partial charge in [-0.1, -0.05) is 24.3 Å². The van der Waals surface area contributed by atoms with Crippen LogP contribution in [0.25, 0.3) is 10.1 Å². The number of fused-ring (bicyclic) bond motifs is 2. The van der Waals surface area contributed by atoms with E-state index in [1.165, 1.54) is 61.0 Å². The number of nitrogens with one attached hydrogen (secondary N) is 2. The third-order valence-corrected chi connectivity index (χ3v) is 12.0. The van der Waals surface area contributed by atoms with Crippen LogP contribution < -0.4 is 21.3 Å².